The van der Waals surface area contributed by atoms with Crippen LogP contribution in [0.4, 0.5) is 0 Å². The van der Waals surface area contributed by atoms with Gasteiger partial charge in [-0.05, 0) is 86.6 Å². The summed E-state index contributed by atoms with van der Waals surface area (Å²) >= 11 is 0. The maximum Gasteiger partial charge on any atom is 0.326 e. The molecule has 7 atom stereocenters. The zero-order valence-electron chi connectivity index (χ0n) is 34.6. The molecule has 20 nitrogen and oxygen atoms in total. The zero-order chi connectivity index (χ0) is 44.1. The summed E-state index contributed by atoms with van der Waals surface area (Å²) in [4.78, 5) is 89.5. The third kappa shape index (κ3) is 17.0. The standard InChI is InChI=1S/C39H64N12O8/c1-5-24(4)32(36(56)47-30(38(58)59)21-23(2)3)48-34(54)29(22-25-14-16-26(52)17-15-25)46-35(55)31-13-10-20-51(31)37(57)28(12-9-19-44-39(41)42)45-33(53)27(49-50-43)11-7-6-8-18-40/h14-17,23-24,27-32,52H,5-13,18-22,40H2,1-4H3,(H,45,53)(H,46,55)(H,47,56)(H,48,54)(H,58,59)(H4,41,42,44)/t24-,27-,28-,29-,30-,31-,32-/m0/s1. The number of nitrogens with two attached hydrogens (primary N) is 3. The van der Waals surface area contributed by atoms with Gasteiger partial charge in [0.25, 0.3) is 0 Å². The monoisotopic (exact) mass is 828 g/mol. The van der Waals surface area contributed by atoms with E-state index < -0.39 is 77.7 Å². The summed E-state index contributed by atoms with van der Waals surface area (Å²) in [6, 6.07) is -0.870. The second kappa shape index (κ2) is 25.7. The molecule has 5 amide bonds. The average Bonchev–Trinajstić information content (AvgIpc) is 3.69. The lowest BCUT2D eigenvalue weighted by Gasteiger charge is -2.31. The van der Waals surface area contributed by atoms with Crippen molar-refractivity contribution in [2.45, 2.75) is 135 Å². The van der Waals surface area contributed by atoms with E-state index in [1.54, 1.807) is 19.1 Å². The van der Waals surface area contributed by atoms with E-state index in [1.165, 1.54) is 17.0 Å². The Balaban J connectivity index is 2.40. The van der Waals surface area contributed by atoms with Crippen molar-refractivity contribution in [1.29, 1.82) is 0 Å². The van der Waals surface area contributed by atoms with Gasteiger partial charge >= 0.3 is 5.97 Å². The molecule has 1 aromatic rings. The number of aromatic hydroxyl groups is 1. The quantitative estimate of drug-likeness (QED) is 0.0160. The molecule has 1 aliphatic heterocycles. The van der Waals surface area contributed by atoms with E-state index in [1.807, 2.05) is 20.8 Å². The Morgan fingerprint density at radius 1 is 0.898 bits per heavy atom. The van der Waals surface area contributed by atoms with Crippen molar-refractivity contribution in [3.8, 4) is 5.75 Å². The molecule has 0 saturated carbocycles. The minimum absolute atomic E-state index is 0.0147. The molecule has 12 N–H and O–H groups in total. The van der Waals surface area contributed by atoms with Crippen molar-refractivity contribution in [1.82, 2.24) is 26.2 Å². The molecule has 1 fully saturated rings. The summed E-state index contributed by atoms with van der Waals surface area (Å²) in [5.41, 5.74) is 26.2. The molecule has 20 heteroatoms. The SMILES string of the molecule is CC[C@H](C)[C@H](NC(=O)[C@H](Cc1ccc(O)cc1)NC(=O)[C@@H]1CCCN1C(=O)[C@H](CCCN=C(N)N)NC(=O)[C@H](CCCCCN)N=[N+]=[N-])C(=O)N[C@@H](CC(C)C)C(=O)O. The summed E-state index contributed by atoms with van der Waals surface area (Å²) in [5, 5.41) is 34.1. The van der Waals surface area contributed by atoms with E-state index in [0.717, 1.165) is 6.42 Å². The van der Waals surface area contributed by atoms with E-state index in [-0.39, 0.29) is 69.2 Å². The maximum atomic E-state index is 14.2. The number of hydrogen-bond donors (Lipinski definition) is 9. The molecule has 0 radical (unpaired) electrons. The van der Waals surface area contributed by atoms with E-state index in [9.17, 15) is 39.0 Å². The van der Waals surface area contributed by atoms with Crippen LogP contribution < -0.4 is 38.5 Å². The van der Waals surface area contributed by atoms with Crippen LogP contribution in [0.1, 0.15) is 97.5 Å². The highest BCUT2D eigenvalue weighted by molar-refractivity contribution is 5.97. The van der Waals surface area contributed by atoms with Gasteiger partial charge in [0.1, 0.15) is 42.0 Å². The van der Waals surface area contributed by atoms with Gasteiger partial charge in [-0.25, -0.2) is 4.79 Å². The van der Waals surface area contributed by atoms with Crippen molar-refractivity contribution in [3.05, 3.63) is 40.3 Å². The molecule has 2 rings (SSSR count). The zero-order valence-corrected chi connectivity index (χ0v) is 34.6. The van der Waals surface area contributed by atoms with Crippen LogP contribution in [0.2, 0.25) is 0 Å². The lowest BCUT2D eigenvalue weighted by Crippen LogP contribution is -2.60. The second-order valence-corrected chi connectivity index (χ2v) is 15.4. The van der Waals surface area contributed by atoms with Crippen molar-refractivity contribution in [3.63, 3.8) is 0 Å². The molecule has 1 aliphatic rings. The number of carboxylic acid groups (broad SMARTS) is 1. The predicted molar refractivity (Wildman–Crippen MR) is 221 cm³/mol. The number of azide groups is 1. The number of carbonyl (C=O) groups is 6. The van der Waals surface area contributed by atoms with Crippen molar-refractivity contribution < 1.29 is 39.0 Å². The van der Waals surface area contributed by atoms with Gasteiger partial charge in [0, 0.05) is 24.4 Å². The fourth-order valence-electron chi connectivity index (χ4n) is 6.75. The highest BCUT2D eigenvalue weighted by Gasteiger charge is 2.40. The van der Waals surface area contributed by atoms with Crippen LogP contribution in [0.5, 0.6) is 5.75 Å². The van der Waals surface area contributed by atoms with Crippen LogP contribution in [-0.4, -0.2) is 112 Å². The Kier molecular flexibility index (Phi) is 21.6. The number of carbonyl (C=O) groups excluding carboxylic acids is 5. The smallest absolute Gasteiger partial charge is 0.326 e. The molecule has 1 heterocycles. The van der Waals surface area contributed by atoms with Gasteiger partial charge in [-0.3, -0.25) is 29.0 Å². The number of benzene rings is 1. The minimum Gasteiger partial charge on any atom is -0.508 e. The molecular weight excluding hydrogens is 765 g/mol. The van der Waals surface area contributed by atoms with Crippen molar-refractivity contribution >= 4 is 41.5 Å². The molecular formula is C39H64N12O8. The summed E-state index contributed by atoms with van der Waals surface area (Å²) in [6.07, 6.45) is 3.86. The van der Waals surface area contributed by atoms with Crippen molar-refractivity contribution in [2.24, 2.45) is 39.1 Å². The number of amides is 5. The van der Waals surface area contributed by atoms with E-state index >= 15 is 0 Å². The first-order chi connectivity index (χ1) is 28.0. The van der Waals surface area contributed by atoms with Crippen LogP contribution in [0.25, 0.3) is 10.4 Å². The number of unbranched alkanes of at least 4 members (excludes halogenated alkanes) is 2. The first-order valence-corrected chi connectivity index (χ1v) is 20.3. The Bertz CT molecular complexity index is 1630. The van der Waals surface area contributed by atoms with Crippen LogP contribution in [-0.2, 0) is 35.2 Å². The number of phenolic OH excluding ortho intramolecular Hbond substituents is 1. The number of aliphatic carboxylic acids is 1. The number of nitrogens with zero attached hydrogens (tertiary/aromatic N) is 5. The highest BCUT2D eigenvalue weighted by atomic mass is 16.4. The second-order valence-electron chi connectivity index (χ2n) is 15.4. The fourth-order valence-corrected chi connectivity index (χ4v) is 6.75. The predicted octanol–water partition coefficient (Wildman–Crippen LogP) is 1.29. The largest absolute Gasteiger partial charge is 0.508 e. The Morgan fingerprint density at radius 2 is 1.58 bits per heavy atom. The summed E-state index contributed by atoms with van der Waals surface area (Å²) in [6.45, 7) is 8.00. The lowest BCUT2D eigenvalue weighted by molar-refractivity contribution is -0.143. The normalized spacial score (nSPS) is 16.6. The van der Waals surface area contributed by atoms with E-state index in [0.29, 0.717) is 37.8 Å². The molecule has 0 unspecified atom stereocenters. The first kappa shape index (κ1) is 49.5. The molecule has 0 aromatic heterocycles. The molecule has 1 saturated heterocycles. The van der Waals surface area contributed by atoms with Gasteiger partial charge in [0.2, 0.25) is 29.5 Å². The number of hydrogen-bond acceptors (Lipinski definition) is 10. The molecule has 0 spiro atoms. The average molecular weight is 829 g/mol. The third-order valence-electron chi connectivity index (χ3n) is 10.2. The number of nitrogens with one attached hydrogen (secondary N) is 4. The fraction of sp³-hybridized carbons (Fsp3) is 0.667. The summed E-state index contributed by atoms with van der Waals surface area (Å²) < 4.78 is 0. The van der Waals surface area contributed by atoms with E-state index in [2.05, 4.69) is 36.3 Å². The molecule has 1 aromatic carbocycles. The molecule has 0 bridgehead atoms. The Hall–Kier alpha value is -5.62. The van der Waals surface area contributed by atoms with Gasteiger partial charge in [-0.15, -0.1) is 0 Å². The first-order valence-electron chi connectivity index (χ1n) is 20.3. The molecule has 328 valence electrons. The summed E-state index contributed by atoms with van der Waals surface area (Å²) in [5.74, 6) is -5.12. The van der Waals surface area contributed by atoms with Gasteiger partial charge in [0.15, 0.2) is 5.96 Å². The van der Waals surface area contributed by atoms with Crippen molar-refractivity contribution in [2.75, 3.05) is 19.6 Å². The van der Waals surface area contributed by atoms with Crippen LogP contribution in [0, 0.1) is 11.8 Å². The number of guanidine groups is 1. The van der Waals surface area contributed by atoms with Crippen LogP contribution in [0.15, 0.2) is 34.4 Å². The highest BCUT2D eigenvalue weighted by Crippen LogP contribution is 2.22. The van der Waals surface area contributed by atoms with Crippen LogP contribution >= 0.6 is 0 Å². The van der Waals surface area contributed by atoms with Crippen LogP contribution in [0.3, 0.4) is 0 Å². The summed E-state index contributed by atoms with van der Waals surface area (Å²) in [7, 11) is 0. The number of aliphatic imine (C=N–C) groups is 1. The van der Waals surface area contributed by atoms with E-state index in [4.69, 9.17) is 22.7 Å². The van der Waals surface area contributed by atoms with Gasteiger partial charge in [0.05, 0.1) is 0 Å². The number of carboxylic acids is 1. The number of phenols is 1. The number of likely N-dealkylation sites (tertiary alicyclic amines) is 1. The number of rotatable bonds is 26. The molecule has 59 heavy (non-hydrogen) atoms. The third-order valence-corrected chi connectivity index (χ3v) is 10.2. The Labute approximate surface area is 345 Å². The minimum atomic E-state index is -1.27. The molecule has 0 aliphatic carbocycles. The Morgan fingerprint density at radius 3 is 2.17 bits per heavy atom. The maximum absolute atomic E-state index is 14.2. The van der Waals surface area contributed by atoms with Gasteiger partial charge in [-0.1, -0.05) is 64.2 Å². The topological polar surface area (TPSA) is 333 Å². The lowest BCUT2D eigenvalue weighted by atomic mass is 9.96. The van der Waals surface area contributed by atoms with Gasteiger partial charge < -0.3 is 53.6 Å². The van der Waals surface area contributed by atoms with Gasteiger partial charge in [-0.2, -0.15) is 0 Å².